The standard InChI is InChI=1S/C18H19FN2O3S/c1-13-11-15(19)8-9-17(13)25(23,24)20-12-18(22)21-10-4-6-14-5-2-3-7-16(14)21/h2-3,5,7-9,11,20H,4,6,10,12H2,1H3. The smallest absolute Gasteiger partial charge is 0.242 e. The highest BCUT2D eigenvalue weighted by atomic mass is 32.2. The molecular weight excluding hydrogens is 343 g/mol. The molecule has 2 aromatic rings. The number of nitrogens with one attached hydrogen (secondary N) is 1. The van der Waals surface area contributed by atoms with E-state index in [9.17, 15) is 17.6 Å². The third kappa shape index (κ3) is 3.72. The molecule has 0 spiro atoms. The van der Waals surface area contributed by atoms with E-state index in [2.05, 4.69) is 4.72 Å². The molecule has 0 aromatic heterocycles. The van der Waals surface area contributed by atoms with E-state index in [0.717, 1.165) is 36.2 Å². The number of sulfonamides is 1. The second kappa shape index (κ2) is 6.93. The normalized spacial score (nSPS) is 14.2. The van der Waals surface area contributed by atoms with Crippen molar-refractivity contribution in [3.05, 3.63) is 59.4 Å². The summed E-state index contributed by atoms with van der Waals surface area (Å²) in [6.45, 7) is 1.74. The topological polar surface area (TPSA) is 66.5 Å². The highest BCUT2D eigenvalue weighted by molar-refractivity contribution is 7.89. The van der Waals surface area contributed by atoms with Crippen LogP contribution >= 0.6 is 0 Å². The first kappa shape index (κ1) is 17.6. The fraction of sp³-hybridized carbons (Fsp3) is 0.278. The summed E-state index contributed by atoms with van der Waals surface area (Å²) in [5, 5.41) is 0. The summed E-state index contributed by atoms with van der Waals surface area (Å²) in [6, 6.07) is 11.1. The van der Waals surface area contributed by atoms with Crippen molar-refractivity contribution in [2.75, 3.05) is 18.0 Å². The van der Waals surface area contributed by atoms with Crippen LogP contribution in [0.3, 0.4) is 0 Å². The molecule has 0 aliphatic carbocycles. The number of aryl methyl sites for hydroxylation is 2. The number of amides is 1. The lowest BCUT2D eigenvalue weighted by Crippen LogP contribution is -2.42. The fourth-order valence-electron chi connectivity index (χ4n) is 3.04. The number of nitrogens with zero attached hydrogens (tertiary/aromatic N) is 1. The first-order chi connectivity index (χ1) is 11.9. The van der Waals surface area contributed by atoms with Gasteiger partial charge in [0.2, 0.25) is 15.9 Å². The highest BCUT2D eigenvalue weighted by Crippen LogP contribution is 2.26. The molecule has 3 rings (SSSR count). The number of carbonyl (C=O) groups excluding carboxylic acids is 1. The Bertz CT molecular complexity index is 912. The molecule has 0 fully saturated rings. The maximum absolute atomic E-state index is 13.2. The number of benzene rings is 2. The summed E-state index contributed by atoms with van der Waals surface area (Å²) in [7, 11) is -3.88. The molecule has 0 radical (unpaired) electrons. The van der Waals surface area contributed by atoms with Crippen molar-refractivity contribution >= 4 is 21.6 Å². The Labute approximate surface area is 146 Å². The van der Waals surface area contributed by atoms with Gasteiger partial charge in [-0.25, -0.2) is 17.5 Å². The monoisotopic (exact) mass is 362 g/mol. The summed E-state index contributed by atoms with van der Waals surface area (Å²) in [6.07, 6.45) is 1.74. The van der Waals surface area contributed by atoms with Gasteiger partial charge in [0.15, 0.2) is 0 Å². The van der Waals surface area contributed by atoms with E-state index in [1.54, 1.807) is 4.90 Å². The van der Waals surface area contributed by atoms with Crippen LogP contribution < -0.4 is 9.62 Å². The van der Waals surface area contributed by atoms with Crippen molar-refractivity contribution in [2.45, 2.75) is 24.7 Å². The zero-order valence-electron chi connectivity index (χ0n) is 13.8. The van der Waals surface area contributed by atoms with Gasteiger partial charge in [0.25, 0.3) is 0 Å². The van der Waals surface area contributed by atoms with E-state index in [1.165, 1.54) is 13.0 Å². The zero-order valence-corrected chi connectivity index (χ0v) is 14.6. The van der Waals surface area contributed by atoms with Crippen LogP contribution in [0.4, 0.5) is 10.1 Å². The molecule has 0 unspecified atom stereocenters. The molecule has 25 heavy (non-hydrogen) atoms. The summed E-state index contributed by atoms with van der Waals surface area (Å²) in [4.78, 5) is 14.1. The van der Waals surface area contributed by atoms with Crippen LogP contribution in [0.2, 0.25) is 0 Å². The van der Waals surface area contributed by atoms with Crippen LogP contribution in [-0.2, 0) is 21.2 Å². The third-order valence-corrected chi connectivity index (χ3v) is 5.81. The Kier molecular flexibility index (Phi) is 4.87. The number of halogens is 1. The molecule has 1 N–H and O–H groups in total. The average molecular weight is 362 g/mol. The van der Waals surface area contributed by atoms with Gasteiger partial charge in [-0.1, -0.05) is 18.2 Å². The van der Waals surface area contributed by atoms with Crippen molar-refractivity contribution in [1.29, 1.82) is 0 Å². The van der Waals surface area contributed by atoms with Crippen molar-refractivity contribution in [3.8, 4) is 0 Å². The van der Waals surface area contributed by atoms with Crippen molar-refractivity contribution < 1.29 is 17.6 Å². The largest absolute Gasteiger partial charge is 0.311 e. The second-order valence-electron chi connectivity index (χ2n) is 6.01. The third-order valence-electron chi connectivity index (χ3n) is 4.25. The van der Waals surface area contributed by atoms with Gasteiger partial charge >= 0.3 is 0 Å². The molecule has 0 bridgehead atoms. The van der Waals surface area contributed by atoms with Gasteiger partial charge in [0.05, 0.1) is 11.4 Å². The summed E-state index contributed by atoms with van der Waals surface area (Å²) in [5.74, 6) is -0.812. The van der Waals surface area contributed by atoms with Crippen LogP contribution in [0.15, 0.2) is 47.4 Å². The zero-order chi connectivity index (χ0) is 18.0. The summed E-state index contributed by atoms with van der Waals surface area (Å²) < 4.78 is 40.3. The molecule has 0 saturated carbocycles. The molecular formula is C18H19FN2O3S. The lowest BCUT2D eigenvalue weighted by molar-refractivity contribution is -0.117. The van der Waals surface area contributed by atoms with Crippen molar-refractivity contribution in [2.24, 2.45) is 0 Å². The van der Waals surface area contributed by atoms with E-state index in [1.807, 2.05) is 24.3 Å². The molecule has 1 aliphatic rings. The number of hydrogen-bond donors (Lipinski definition) is 1. The van der Waals surface area contributed by atoms with Crippen LogP contribution in [0.25, 0.3) is 0 Å². The molecule has 7 heteroatoms. The molecule has 5 nitrogen and oxygen atoms in total. The Morgan fingerprint density at radius 2 is 2.00 bits per heavy atom. The Morgan fingerprint density at radius 3 is 2.76 bits per heavy atom. The molecule has 1 heterocycles. The van der Waals surface area contributed by atoms with Gasteiger partial charge in [0, 0.05) is 12.2 Å². The first-order valence-corrected chi connectivity index (χ1v) is 9.51. The van der Waals surface area contributed by atoms with Crippen LogP contribution in [0.1, 0.15) is 17.5 Å². The summed E-state index contributed by atoms with van der Waals surface area (Å²) >= 11 is 0. The van der Waals surface area contributed by atoms with Gasteiger partial charge in [-0.3, -0.25) is 4.79 Å². The van der Waals surface area contributed by atoms with Crippen LogP contribution in [0, 0.1) is 12.7 Å². The lowest BCUT2D eigenvalue weighted by Gasteiger charge is -2.29. The minimum absolute atomic E-state index is 0.0271. The van der Waals surface area contributed by atoms with E-state index in [0.29, 0.717) is 12.1 Å². The van der Waals surface area contributed by atoms with Crippen LogP contribution in [-0.4, -0.2) is 27.4 Å². The van der Waals surface area contributed by atoms with E-state index < -0.39 is 15.8 Å². The molecule has 0 saturated heterocycles. The second-order valence-corrected chi connectivity index (χ2v) is 7.75. The van der Waals surface area contributed by atoms with E-state index in [-0.39, 0.29) is 17.3 Å². The van der Waals surface area contributed by atoms with Gasteiger partial charge in [-0.15, -0.1) is 0 Å². The quantitative estimate of drug-likeness (QED) is 0.908. The maximum Gasteiger partial charge on any atom is 0.242 e. The number of fused-ring (bicyclic) bond motifs is 1. The molecule has 2 aromatic carbocycles. The Hall–Kier alpha value is -2.25. The number of carbonyl (C=O) groups is 1. The van der Waals surface area contributed by atoms with Crippen LogP contribution in [0.5, 0.6) is 0 Å². The lowest BCUT2D eigenvalue weighted by atomic mass is 10.0. The van der Waals surface area contributed by atoms with Gasteiger partial charge in [-0.05, 0) is 55.2 Å². The van der Waals surface area contributed by atoms with Gasteiger partial charge in [0.1, 0.15) is 5.82 Å². The van der Waals surface area contributed by atoms with Crippen molar-refractivity contribution in [1.82, 2.24) is 4.72 Å². The molecule has 1 amide bonds. The fourth-order valence-corrected chi connectivity index (χ4v) is 4.24. The van der Waals surface area contributed by atoms with Gasteiger partial charge in [-0.2, -0.15) is 0 Å². The molecule has 132 valence electrons. The molecule has 0 atom stereocenters. The minimum Gasteiger partial charge on any atom is -0.311 e. The minimum atomic E-state index is -3.88. The summed E-state index contributed by atoms with van der Waals surface area (Å²) in [5.41, 5.74) is 2.21. The first-order valence-electron chi connectivity index (χ1n) is 8.02. The average Bonchev–Trinajstić information content (AvgIpc) is 2.59. The van der Waals surface area contributed by atoms with E-state index in [4.69, 9.17) is 0 Å². The Balaban J connectivity index is 1.74. The number of anilines is 1. The predicted molar refractivity (Wildman–Crippen MR) is 93.4 cm³/mol. The highest BCUT2D eigenvalue weighted by Gasteiger charge is 2.24. The number of hydrogen-bond acceptors (Lipinski definition) is 3. The number of para-hydroxylation sites is 1. The van der Waals surface area contributed by atoms with E-state index >= 15 is 0 Å². The van der Waals surface area contributed by atoms with Gasteiger partial charge < -0.3 is 4.90 Å². The molecule has 1 aliphatic heterocycles. The SMILES string of the molecule is Cc1cc(F)ccc1S(=O)(=O)NCC(=O)N1CCCc2ccccc21. The van der Waals surface area contributed by atoms with Crippen molar-refractivity contribution in [3.63, 3.8) is 0 Å². The number of rotatable bonds is 4. The predicted octanol–water partition coefficient (Wildman–Crippen LogP) is 2.39. The Morgan fingerprint density at radius 1 is 1.24 bits per heavy atom. The maximum atomic E-state index is 13.2.